The first-order chi connectivity index (χ1) is 8.81. The molecule has 0 radical (unpaired) electrons. The quantitative estimate of drug-likeness (QED) is 0.818. The number of rotatable bonds is 3. The molecule has 0 saturated carbocycles. The van der Waals surface area contributed by atoms with Gasteiger partial charge in [0.2, 0.25) is 5.13 Å². The standard InChI is InChI=1S/C12H20N4OS/c1-10-13-12(18-14-10)16-3-2-11(9-16)8-15-4-6-17-7-5-15/h11H,2-9H2,1H3. The van der Waals surface area contributed by atoms with Gasteiger partial charge in [-0.25, -0.2) is 4.98 Å². The summed E-state index contributed by atoms with van der Waals surface area (Å²) >= 11 is 1.53. The second-order valence-corrected chi connectivity index (χ2v) is 5.87. The van der Waals surface area contributed by atoms with Gasteiger partial charge in [0.15, 0.2) is 0 Å². The van der Waals surface area contributed by atoms with Gasteiger partial charge in [-0.3, -0.25) is 4.90 Å². The fourth-order valence-corrected chi connectivity index (χ4v) is 3.43. The first-order valence-electron chi connectivity index (χ1n) is 6.66. The molecule has 18 heavy (non-hydrogen) atoms. The Balaban J connectivity index is 1.51. The largest absolute Gasteiger partial charge is 0.379 e. The van der Waals surface area contributed by atoms with Crippen LogP contribution in [0, 0.1) is 12.8 Å². The van der Waals surface area contributed by atoms with Crippen molar-refractivity contribution >= 4 is 16.7 Å². The number of morpholine rings is 1. The molecule has 3 heterocycles. The third kappa shape index (κ3) is 2.81. The Hall–Kier alpha value is -0.720. The molecule has 2 fully saturated rings. The zero-order valence-electron chi connectivity index (χ0n) is 10.8. The summed E-state index contributed by atoms with van der Waals surface area (Å²) in [7, 11) is 0. The fraction of sp³-hybridized carbons (Fsp3) is 0.833. The van der Waals surface area contributed by atoms with E-state index in [9.17, 15) is 0 Å². The Kier molecular flexibility index (Phi) is 3.77. The van der Waals surface area contributed by atoms with Crippen LogP contribution in [-0.2, 0) is 4.74 Å². The van der Waals surface area contributed by atoms with Crippen LogP contribution in [0.5, 0.6) is 0 Å². The van der Waals surface area contributed by atoms with Gasteiger partial charge in [0.1, 0.15) is 5.82 Å². The molecule has 1 atom stereocenters. The summed E-state index contributed by atoms with van der Waals surface area (Å²) in [4.78, 5) is 9.39. The van der Waals surface area contributed by atoms with Crippen molar-refractivity contribution in [2.45, 2.75) is 13.3 Å². The Bertz CT molecular complexity index is 391. The van der Waals surface area contributed by atoms with Crippen LogP contribution in [0.4, 0.5) is 5.13 Å². The first kappa shape index (κ1) is 12.3. The van der Waals surface area contributed by atoms with Crippen LogP contribution in [0.25, 0.3) is 0 Å². The minimum absolute atomic E-state index is 0.771. The first-order valence-corrected chi connectivity index (χ1v) is 7.44. The Morgan fingerprint density at radius 1 is 1.33 bits per heavy atom. The van der Waals surface area contributed by atoms with Crippen molar-refractivity contribution in [2.24, 2.45) is 5.92 Å². The lowest BCUT2D eigenvalue weighted by atomic mass is 10.1. The third-order valence-corrected chi connectivity index (χ3v) is 4.56. The lowest BCUT2D eigenvalue weighted by Gasteiger charge is -2.28. The molecule has 3 rings (SSSR count). The molecule has 2 saturated heterocycles. The Morgan fingerprint density at radius 2 is 2.17 bits per heavy atom. The minimum Gasteiger partial charge on any atom is -0.379 e. The normalized spacial score (nSPS) is 25.8. The highest BCUT2D eigenvalue weighted by Gasteiger charge is 2.26. The van der Waals surface area contributed by atoms with Crippen LogP contribution in [-0.4, -0.2) is 60.2 Å². The van der Waals surface area contributed by atoms with E-state index in [1.165, 1.54) is 24.5 Å². The number of hydrogen-bond acceptors (Lipinski definition) is 6. The monoisotopic (exact) mass is 268 g/mol. The third-order valence-electron chi connectivity index (χ3n) is 3.69. The minimum atomic E-state index is 0.771. The highest BCUT2D eigenvalue weighted by molar-refractivity contribution is 7.09. The van der Waals surface area contributed by atoms with Crippen LogP contribution in [0.3, 0.4) is 0 Å². The molecule has 0 N–H and O–H groups in total. The number of anilines is 1. The average Bonchev–Trinajstić information content (AvgIpc) is 2.99. The van der Waals surface area contributed by atoms with Crippen molar-refractivity contribution in [2.75, 3.05) is 50.8 Å². The second-order valence-electron chi connectivity index (χ2n) is 5.14. The summed E-state index contributed by atoms with van der Waals surface area (Å²) in [5.74, 6) is 1.67. The molecule has 6 heteroatoms. The van der Waals surface area contributed by atoms with Gasteiger partial charge < -0.3 is 9.64 Å². The van der Waals surface area contributed by atoms with E-state index in [0.29, 0.717) is 0 Å². The van der Waals surface area contributed by atoms with E-state index in [0.717, 1.165) is 56.3 Å². The van der Waals surface area contributed by atoms with Gasteiger partial charge in [-0.1, -0.05) is 0 Å². The topological polar surface area (TPSA) is 41.5 Å². The molecule has 0 amide bonds. The molecule has 1 aromatic rings. The van der Waals surface area contributed by atoms with Crippen molar-refractivity contribution in [3.8, 4) is 0 Å². The maximum atomic E-state index is 5.39. The average molecular weight is 268 g/mol. The van der Waals surface area contributed by atoms with Crippen LogP contribution in [0.15, 0.2) is 0 Å². The van der Waals surface area contributed by atoms with Crippen molar-refractivity contribution < 1.29 is 4.74 Å². The predicted octanol–water partition coefficient (Wildman–Crippen LogP) is 1.01. The van der Waals surface area contributed by atoms with Crippen molar-refractivity contribution in [3.05, 3.63) is 5.82 Å². The summed E-state index contributed by atoms with van der Waals surface area (Å²) < 4.78 is 9.65. The van der Waals surface area contributed by atoms with Gasteiger partial charge >= 0.3 is 0 Å². The molecular formula is C12H20N4OS. The molecule has 2 aliphatic heterocycles. The molecule has 2 aliphatic rings. The lowest BCUT2D eigenvalue weighted by Crippen LogP contribution is -2.39. The SMILES string of the molecule is Cc1nsc(N2CCC(CN3CCOCC3)C2)n1. The number of hydrogen-bond donors (Lipinski definition) is 0. The number of aromatic nitrogens is 2. The number of nitrogens with zero attached hydrogens (tertiary/aromatic N) is 4. The summed E-state index contributed by atoms with van der Waals surface area (Å²) in [5.41, 5.74) is 0. The number of aryl methyl sites for hydroxylation is 1. The van der Waals surface area contributed by atoms with E-state index in [4.69, 9.17) is 4.74 Å². The fourth-order valence-electron chi connectivity index (χ4n) is 2.72. The van der Waals surface area contributed by atoms with E-state index in [1.807, 2.05) is 6.92 Å². The van der Waals surface area contributed by atoms with Crippen LogP contribution in [0.1, 0.15) is 12.2 Å². The maximum Gasteiger partial charge on any atom is 0.205 e. The molecule has 1 aromatic heterocycles. The van der Waals surface area contributed by atoms with Crippen molar-refractivity contribution in [1.82, 2.24) is 14.3 Å². The maximum absolute atomic E-state index is 5.39. The van der Waals surface area contributed by atoms with E-state index in [-0.39, 0.29) is 0 Å². The van der Waals surface area contributed by atoms with Gasteiger partial charge in [0, 0.05) is 44.3 Å². The summed E-state index contributed by atoms with van der Waals surface area (Å²) in [6.45, 7) is 9.40. The van der Waals surface area contributed by atoms with Crippen molar-refractivity contribution in [3.63, 3.8) is 0 Å². The van der Waals surface area contributed by atoms with E-state index < -0.39 is 0 Å². The van der Waals surface area contributed by atoms with Crippen LogP contribution in [0.2, 0.25) is 0 Å². The smallest absolute Gasteiger partial charge is 0.205 e. The van der Waals surface area contributed by atoms with Gasteiger partial charge in [-0.05, 0) is 19.3 Å². The molecule has 0 aliphatic carbocycles. The predicted molar refractivity (Wildman–Crippen MR) is 72.2 cm³/mol. The van der Waals surface area contributed by atoms with Gasteiger partial charge in [-0.15, -0.1) is 0 Å². The molecule has 100 valence electrons. The molecular weight excluding hydrogens is 248 g/mol. The van der Waals surface area contributed by atoms with Crippen LogP contribution >= 0.6 is 11.5 Å². The molecule has 5 nitrogen and oxygen atoms in total. The highest BCUT2D eigenvalue weighted by Crippen LogP contribution is 2.25. The van der Waals surface area contributed by atoms with E-state index >= 15 is 0 Å². The molecule has 0 spiro atoms. The lowest BCUT2D eigenvalue weighted by molar-refractivity contribution is 0.0320. The zero-order chi connectivity index (χ0) is 12.4. The molecule has 1 unspecified atom stereocenters. The molecule has 0 bridgehead atoms. The van der Waals surface area contributed by atoms with E-state index in [2.05, 4.69) is 19.2 Å². The highest BCUT2D eigenvalue weighted by atomic mass is 32.1. The van der Waals surface area contributed by atoms with Crippen molar-refractivity contribution in [1.29, 1.82) is 0 Å². The molecule has 0 aromatic carbocycles. The van der Waals surface area contributed by atoms with Crippen LogP contribution < -0.4 is 4.90 Å². The van der Waals surface area contributed by atoms with Gasteiger partial charge in [0.25, 0.3) is 0 Å². The Labute approximate surface area is 112 Å². The zero-order valence-corrected chi connectivity index (χ0v) is 11.7. The van der Waals surface area contributed by atoms with Gasteiger partial charge in [0.05, 0.1) is 13.2 Å². The summed E-state index contributed by atoms with van der Waals surface area (Å²) in [6.07, 6.45) is 1.27. The Morgan fingerprint density at radius 3 is 2.89 bits per heavy atom. The second kappa shape index (κ2) is 5.50. The number of ether oxygens (including phenoxy) is 1. The van der Waals surface area contributed by atoms with Gasteiger partial charge in [-0.2, -0.15) is 4.37 Å². The van der Waals surface area contributed by atoms with E-state index in [1.54, 1.807) is 0 Å². The summed E-state index contributed by atoms with van der Waals surface area (Å²) in [5, 5.41) is 1.09. The summed E-state index contributed by atoms with van der Waals surface area (Å²) in [6, 6.07) is 0.